The number of alkyl halides is 6. The Morgan fingerprint density at radius 1 is 0.812 bits per heavy atom. The van der Waals surface area contributed by atoms with Gasteiger partial charge < -0.3 is 5.73 Å². The van der Waals surface area contributed by atoms with E-state index in [-0.39, 0.29) is 22.8 Å². The number of nitrogens with two attached hydrogens (primary N) is 1. The number of halogens is 6. The molecule has 0 bridgehead atoms. The lowest BCUT2D eigenvalue weighted by atomic mass is 10.1. The summed E-state index contributed by atoms with van der Waals surface area (Å²) in [4.78, 5) is 7.66. The molecule has 0 spiro atoms. The van der Waals surface area contributed by atoms with Crippen LogP contribution in [0, 0.1) is 11.8 Å². The zero-order chi connectivity index (χ0) is 23.1. The number of rotatable bonds is 1. The highest BCUT2D eigenvalue weighted by molar-refractivity contribution is 5.65. The van der Waals surface area contributed by atoms with Crippen molar-refractivity contribution in [3.8, 4) is 23.1 Å². The lowest BCUT2D eigenvalue weighted by molar-refractivity contribution is -0.138. The smallest absolute Gasteiger partial charge is 0.384 e. The average Bonchev–Trinajstić information content (AvgIpc) is 3.14. The number of aromatic nitrogens is 4. The van der Waals surface area contributed by atoms with E-state index in [4.69, 9.17) is 5.73 Å². The van der Waals surface area contributed by atoms with Gasteiger partial charge in [0, 0.05) is 17.3 Å². The largest absolute Gasteiger partial charge is 0.420 e. The van der Waals surface area contributed by atoms with Gasteiger partial charge in [-0.05, 0) is 36.3 Å². The van der Waals surface area contributed by atoms with Crippen LogP contribution in [0.25, 0.3) is 16.9 Å². The monoisotopic (exact) mass is 447 g/mol. The zero-order valence-electron chi connectivity index (χ0n) is 15.8. The number of hydrogen-bond donors (Lipinski definition) is 1. The Kier molecular flexibility index (Phi) is 5.00. The van der Waals surface area contributed by atoms with Gasteiger partial charge in [-0.3, -0.25) is 0 Å². The van der Waals surface area contributed by atoms with Crippen LogP contribution in [0.15, 0.2) is 54.9 Å². The Labute approximate surface area is 176 Å². The predicted octanol–water partition coefficient (Wildman–Crippen LogP) is 4.81. The SMILES string of the molecule is Nc1ccc(C#Cc2cnc3c(C(F)(F)F)cc(-c4ccc(C(F)(F)F)cc4)nn23)cn1. The van der Waals surface area contributed by atoms with Crippen molar-refractivity contribution in [2.45, 2.75) is 12.4 Å². The van der Waals surface area contributed by atoms with Crippen LogP contribution in [0.2, 0.25) is 0 Å². The van der Waals surface area contributed by atoms with E-state index in [2.05, 4.69) is 26.9 Å². The third-order valence-corrected chi connectivity index (χ3v) is 4.40. The maximum absolute atomic E-state index is 13.6. The molecule has 4 rings (SSSR count). The van der Waals surface area contributed by atoms with Gasteiger partial charge in [-0.2, -0.15) is 31.4 Å². The molecule has 0 aliphatic carbocycles. The minimum atomic E-state index is -4.78. The highest BCUT2D eigenvalue weighted by Gasteiger charge is 2.35. The number of hydrogen-bond acceptors (Lipinski definition) is 4. The summed E-state index contributed by atoms with van der Waals surface area (Å²) in [5, 5.41) is 4.13. The molecule has 0 radical (unpaired) electrons. The molecule has 3 aromatic heterocycles. The Morgan fingerprint density at radius 3 is 2.12 bits per heavy atom. The molecule has 1 aromatic carbocycles. The molecule has 3 heterocycles. The maximum atomic E-state index is 13.6. The van der Waals surface area contributed by atoms with Gasteiger partial charge in [0.1, 0.15) is 17.1 Å². The fourth-order valence-electron chi connectivity index (χ4n) is 2.85. The molecular formula is C21H11F6N5. The first-order valence-electron chi connectivity index (χ1n) is 8.89. The minimum Gasteiger partial charge on any atom is -0.384 e. The van der Waals surface area contributed by atoms with Crippen LogP contribution in [-0.2, 0) is 12.4 Å². The Balaban J connectivity index is 1.85. The van der Waals surface area contributed by atoms with E-state index in [1.807, 2.05) is 0 Å². The first-order valence-corrected chi connectivity index (χ1v) is 8.89. The topological polar surface area (TPSA) is 69.1 Å². The Bertz CT molecular complexity index is 1340. The molecule has 0 amide bonds. The van der Waals surface area contributed by atoms with Crippen molar-refractivity contribution in [1.29, 1.82) is 0 Å². The molecular weight excluding hydrogens is 436 g/mol. The van der Waals surface area contributed by atoms with Gasteiger partial charge in [0.15, 0.2) is 5.65 Å². The van der Waals surface area contributed by atoms with Crippen molar-refractivity contribution in [2.75, 3.05) is 5.73 Å². The third-order valence-electron chi connectivity index (χ3n) is 4.40. The average molecular weight is 447 g/mol. The highest BCUT2D eigenvalue weighted by atomic mass is 19.4. The molecule has 0 saturated heterocycles. The summed E-state index contributed by atoms with van der Waals surface area (Å²) in [6.45, 7) is 0. The van der Waals surface area contributed by atoms with Gasteiger partial charge in [-0.1, -0.05) is 18.1 Å². The normalized spacial score (nSPS) is 11.9. The van der Waals surface area contributed by atoms with E-state index in [9.17, 15) is 26.3 Å². The van der Waals surface area contributed by atoms with E-state index in [1.165, 1.54) is 12.3 Å². The fourth-order valence-corrected chi connectivity index (χ4v) is 2.85. The van der Waals surface area contributed by atoms with Gasteiger partial charge >= 0.3 is 12.4 Å². The standard InChI is InChI=1S/C21H11F6N5/c22-20(23,24)14-5-3-13(4-6-14)17-9-16(21(25,26)27)19-30-11-15(32(19)31-17)7-1-12-2-8-18(28)29-10-12/h2-6,8-11H,(H2,28,29). The number of benzene rings is 1. The second kappa shape index (κ2) is 7.56. The first-order chi connectivity index (χ1) is 15.0. The van der Waals surface area contributed by atoms with Crippen molar-refractivity contribution in [2.24, 2.45) is 0 Å². The molecule has 4 aromatic rings. The van der Waals surface area contributed by atoms with Gasteiger partial charge in [-0.25, -0.2) is 14.5 Å². The van der Waals surface area contributed by atoms with Crippen molar-refractivity contribution >= 4 is 11.5 Å². The molecule has 0 saturated carbocycles. The summed E-state index contributed by atoms with van der Waals surface area (Å²) in [5.41, 5.74) is 3.40. The van der Waals surface area contributed by atoms with Gasteiger partial charge in [0.05, 0.1) is 17.5 Å². The van der Waals surface area contributed by atoms with Crippen LogP contribution in [0.4, 0.5) is 32.2 Å². The number of imidazole rings is 1. The molecule has 0 unspecified atom stereocenters. The Morgan fingerprint density at radius 2 is 1.53 bits per heavy atom. The van der Waals surface area contributed by atoms with Crippen LogP contribution in [0.1, 0.15) is 22.4 Å². The quantitative estimate of drug-likeness (QED) is 0.336. The van der Waals surface area contributed by atoms with E-state index < -0.39 is 29.1 Å². The van der Waals surface area contributed by atoms with E-state index in [0.29, 0.717) is 5.56 Å². The van der Waals surface area contributed by atoms with Crippen molar-refractivity contribution in [3.63, 3.8) is 0 Å². The zero-order valence-corrected chi connectivity index (χ0v) is 15.8. The maximum Gasteiger partial charge on any atom is 0.420 e. The van der Waals surface area contributed by atoms with Crippen LogP contribution < -0.4 is 5.73 Å². The third kappa shape index (κ3) is 4.20. The number of pyridine rings is 1. The highest BCUT2D eigenvalue weighted by Crippen LogP contribution is 2.35. The van der Waals surface area contributed by atoms with Crippen molar-refractivity contribution in [1.82, 2.24) is 19.6 Å². The summed E-state index contributed by atoms with van der Waals surface area (Å²) < 4.78 is 80.3. The number of fused-ring (bicyclic) bond motifs is 1. The molecule has 11 heteroatoms. The van der Waals surface area contributed by atoms with Crippen LogP contribution in [0.3, 0.4) is 0 Å². The van der Waals surface area contributed by atoms with E-state index in [0.717, 1.165) is 41.0 Å². The second-order valence-corrected chi connectivity index (χ2v) is 6.62. The van der Waals surface area contributed by atoms with Crippen molar-refractivity contribution < 1.29 is 26.3 Å². The molecule has 0 aliphatic heterocycles. The summed E-state index contributed by atoms with van der Waals surface area (Å²) >= 11 is 0. The predicted molar refractivity (Wildman–Crippen MR) is 103 cm³/mol. The van der Waals surface area contributed by atoms with Gasteiger partial charge in [0.2, 0.25) is 0 Å². The number of nitrogens with zero attached hydrogens (tertiary/aromatic N) is 4. The van der Waals surface area contributed by atoms with Crippen molar-refractivity contribution in [3.05, 3.63) is 77.2 Å². The van der Waals surface area contributed by atoms with E-state index >= 15 is 0 Å². The molecule has 5 nitrogen and oxygen atoms in total. The Hall–Kier alpha value is -4.07. The lowest BCUT2D eigenvalue weighted by Gasteiger charge is -2.11. The van der Waals surface area contributed by atoms with Gasteiger partial charge in [-0.15, -0.1) is 0 Å². The molecule has 0 aliphatic rings. The lowest BCUT2D eigenvalue weighted by Crippen LogP contribution is -2.11. The van der Waals surface area contributed by atoms with Gasteiger partial charge in [0.25, 0.3) is 0 Å². The molecule has 0 fully saturated rings. The molecule has 2 N–H and O–H groups in total. The summed E-state index contributed by atoms with van der Waals surface area (Å²) in [7, 11) is 0. The summed E-state index contributed by atoms with van der Waals surface area (Å²) in [6.07, 6.45) is -6.82. The van der Waals surface area contributed by atoms with Crippen LogP contribution in [-0.4, -0.2) is 19.6 Å². The summed E-state index contributed by atoms with van der Waals surface area (Å²) in [5.74, 6) is 5.69. The van der Waals surface area contributed by atoms with Crippen LogP contribution >= 0.6 is 0 Å². The number of nitrogen functional groups attached to an aromatic ring is 1. The fraction of sp³-hybridized carbons (Fsp3) is 0.0952. The number of anilines is 1. The molecule has 162 valence electrons. The second-order valence-electron chi connectivity index (χ2n) is 6.62. The molecule has 32 heavy (non-hydrogen) atoms. The van der Waals surface area contributed by atoms with Crippen LogP contribution in [0.5, 0.6) is 0 Å². The summed E-state index contributed by atoms with van der Waals surface area (Å²) in [6, 6.07) is 7.50. The molecule has 0 atom stereocenters. The van der Waals surface area contributed by atoms with E-state index in [1.54, 1.807) is 6.07 Å². The first kappa shape index (κ1) is 21.2. The minimum absolute atomic E-state index is 0.0519.